The lowest BCUT2D eigenvalue weighted by molar-refractivity contribution is -0.126. The third kappa shape index (κ3) is 5.46. The summed E-state index contributed by atoms with van der Waals surface area (Å²) in [6.45, 7) is 3.87. The number of benzene rings is 2. The van der Waals surface area contributed by atoms with E-state index in [-0.39, 0.29) is 17.9 Å². The molecule has 2 amide bonds. The van der Waals surface area contributed by atoms with Crippen LogP contribution in [0.2, 0.25) is 0 Å². The molecule has 0 radical (unpaired) electrons. The van der Waals surface area contributed by atoms with Gasteiger partial charge in [0.1, 0.15) is 5.75 Å². The van der Waals surface area contributed by atoms with Crippen molar-refractivity contribution >= 4 is 17.9 Å². The lowest BCUT2D eigenvalue weighted by atomic mass is 10.0. The molecule has 0 aliphatic carbocycles. The van der Waals surface area contributed by atoms with Crippen molar-refractivity contribution in [2.24, 2.45) is 0 Å². The average Bonchev–Trinajstić information content (AvgIpc) is 2.74. The van der Waals surface area contributed by atoms with Crippen LogP contribution >= 0.6 is 0 Å². The number of carbonyl (C=O) groups excluding carboxylic acids is 2. The first-order valence-electron chi connectivity index (χ1n) is 9.71. The van der Waals surface area contributed by atoms with E-state index in [0.29, 0.717) is 25.3 Å². The summed E-state index contributed by atoms with van der Waals surface area (Å²) in [7, 11) is 0. The van der Waals surface area contributed by atoms with E-state index in [2.05, 4.69) is 5.32 Å². The molecule has 5 nitrogen and oxygen atoms in total. The van der Waals surface area contributed by atoms with Crippen LogP contribution in [0.5, 0.6) is 5.75 Å². The zero-order valence-electron chi connectivity index (χ0n) is 16.1. The summed E-state index contributed by atoms with van der Waals surface area (Å²) in [4.78, 5) is 26.5. The zero-order chi connectivity index (χ0) is 19.8. The number of nitrogens with zero attached hydrogens (tertiary/aromatic N) is 1. The smallest absolute Gasteiger partial charge is 0.251 e. The molecule has 146 valence electrons. The van der Waals surface area contributed by atoms with Crippen molar-refractivity contribution in [1.29, 1.82) is 0 Å². The molecule has 2 aromatic carbocycles. The van der Waals surface area contributed by atoms with Crippen LogP contribution in [0.3, 0.4) is 0 Å². The molecule has 3 rings (SSSR count). The quantitative estimate of drug-likeness (QED) is 0.783. The standard InChI is InChI=1S/C23H26N2O3/c1-2-28-21-11-8-18(9-12-21)10-13-22(26)25-16-14-20(15-17-25)24-23(27)19-6-4-3-5-7-19/h3-13,20H,2,14-17H2,1H3,(H,24,27). The van der Waals surface area contributed by atoms with Crippen molar-refractivity contribution in [2.45, 2.75) is 25.8 Å². The van der Waals surface area contributed by atoms with Crippen molar-refractivity contribution < 1.29 is 14.3 Å². The Labute approximate surface area is 166 Å². The van der Waals surface area contributed by atoms with E-state index in [9.17, 15) is 9.59 Å². The van der Waals surface area contributed by atoms with Crippen molar-refractivity contribution in [1.82, 2.24) is 10.2 Å². The number of ether oxygens (including phenoxy) is 1. The number of piperidine rings is 1. The van der Waals surface area contributed by atoms with Gasteiger partial charge in [0.2, 0.25) is 5.91 Å². The molecule has 28 heavy (non-hydrogen) atoms. The molecule has 0 unspecified atom stereocenters. The van der Waals surface area contributed by atoms with Crippen molar-refractivity contribution in [3.63, 3.8) is 0 Å². The van der Waals surface area contributed by atoms with Gasteiger partial charge in [0.15, 0.2) is 0 Å². The van der Waals surface area contributed by atoms with E-state index in [1.54, 1.807) is 18.2 Å². The number of rotatable bonds is 6. The fourth-order valence-corrected chi connectivity index (χ4v) is 3.22. The SMILES string of the molecule is CCOc1ccc(C=CC(=O)N2CCC(NC(=O)c3ccccc3)CC2)cc1. The maximum Gasteiger partial charge on any atom is 0.251 e. The van der Waals surface area contributed by atoms with Crippen LogP contribution in [0.25, 0.3) is 6.08 Å². The highest BCUT2D eigenvalue weighted by Gasteiger charge is 2.23. The molecule has 1 saturated heterocycles. The van der Waals surface area contributed by atoms with Gasteiger partial charge in [-0.05, 0) is 55.7 Å². The summed E-state index contributed by atoms with van der Waals surface area (Å²) in [6, 6.07) is 17.0. The van der Waals surface area contributed by atoms with Crippen LogP contribution in [-0.2, 0) is 4.79 Å². The van der Waals surface area contributed by atoms with Gasteiger partial charge in [-0.2, -0.15) is 0 Å². The van der Waals surface area contributed by atoms with Crippen LogP contribution in [0.4, 0.5) is 0 Å². The number of hydrogen-bond donors (Lipinski definition) is 1. The second-order valence-corrected chi connectivity index (χ2v) is 6.77. The molecule has 5 heteroatoms. The summed E-state index contributed by atoms with van der Waals surface area (Å²) in [5, 5.41) is 3.06. The molecule has 1 aliphatic rings. The van der Waals surface area contributed by atoms with E-state index >= 15 is 0 Å². The first kappa shape index (κ1) is 19.7. The first-order chi connectivity index (χ1) is 13.7. The van der Waals surface area contributed by atoms with Crippen LogP contribution < -0.4 is 10.1 Å². The Morgan fingerprint density at radius 3 is 2.39 bits per heavy atom. The first-order valence-corrected chi connectivity index (χ1v) is 9.71. The number of likely N-dealkylation sites (tertiary alicyclic amines) is 1. The molecular weight excluding hydrogens is 352 g/mol. The topological polar surface area (TPSA) is 58.6 Å². The monoisotopic (exact) mass is 378 g/mol. The van der Waals surface area contributed by atoms with E-state index in [1.807, 2.05) is 60.4 Å². The predicted octanol–water partition coefficient (Wildman–Crippen LogP) is 3.52. The van der Waals surface area contributed by atoms with Gasteiger partial charge in [-0.1, -0.05) is 30.3 Å². The molecule has 0 atom stereocenters. The molecule has 2 aromatic rings. The lowest BCUT2D eigenvalue weighted by Gasteiger charge is -2.31. The normalized spacial score (nSPS) is 14.8. The van der Waals surface area contributed by atoms with Crippen LogP contribution in [0.15, 0.2) is 60.7 Å². The zero-order valence-corrected chi connectivity index (χ0v) is 16.1. The highest BCUT2D eigenvalue weighted by atomic mass is 16.5. The molecule has 0 spiro atoms. The number of nitrogens with one attached hydrogen (secondary N) is 1. The van der Waals surface area contributed by atoms with Crippen LogP contribution in [-0.4, -0.2) is 42.5 Å². The highest BCUT2D eigenvalue weighted by Crippen LogP contribution is 2.15. The molecule has 1 heterocycles. The Hall–Kier alpha value is -3.08. The fourth-order valence-electron chi connectivity index (χ4n) is 3.22. The minimum Gasteiger partial charge on any atom is -0.494 e. The Balaban J connectivity index is 1.46. The van der Waals surface area contributed by atoms with Crippen LogP contribution in [0.1, 0.15) is 35.7 Å². The summed E-state index contributed by atoms with van der Waals surface area (Å²) in [5.74, 6) is 0.771. The molecule has 0 bridgehead atoms. The van der Waals surface area contributed by atoms with E-state index in [4.69, 9.17) is 4.74 Å². The van der Waals surface area contributed by atoms with Gasteiger partial charge in [0.05, 0.1) is 6.61 Å². The summed E-state index contributed by atoms with van der Waals surface area (Å²) in [6.07, 6.45) is 4.96. The average molecular weight is 378 g/mol. The fraction of sp³-hybridized carbons (Fsp3) is 0.304. The Morgan fingerprint density at radius 1 is 1.07 bits per heavy atom. The van der Waals surface area contributed by atoms with Crippen molar-refractivity contribution in [3.8, 4) is 5.75 Å². The van der Waals surface area contributed by atoms with Crippen molar-refractivity contribution in [2.75, 3.05) is 19.7 Å². The molecule has 0 aromatic heterocycles. The molecule has 1 fully saturated rings. The van der Waals surface area contributed by atoms with Gasteiger partial charge in [-0.25, -0.2) is 0 Å². The third-order valence-corrected chi connectivity index (χ3v) is 4.79. The maximum atomic E-state index is 12.4. The van der Waals surface area contributed by atoms with Crippen LogP contribution in [0, 0.1) is 0 Å². The number of carbonyl (C=O) groups is 2. The van der Waals surface area contributed by atoms with Gasteiger partial charge in [-0.3, -0.25) is 9.59 Å². The summed E-state index contributed by atoms with van der Waals surface area (Å²) >= 11 is 0. The Morgan fingerprint density at radius 2 is 1.75 bits per heavy atom. The molecule has 1 N–H and O–H groups in total. The number of hydrogen-bond acceptors (Lipinski definition) is 3. The van der Waals surface area contributed by atoms with E-state index in [1.165, 1.54) is 0 Å². The minimum atomic E-state index is -0.0548. The summed E-state index contributed by atoms with van der Waals surface area (Å²) in [5.41, 5.74) is 1.63. The van der Waals surface area contributed by atoms with Gasteiger partial charge in [0, 0.05) is 30.8 Å². The molecular formula is C23H26N2O3. The molecule has 0 saturated carbocycles. The van der Waals surface area contributed by atoms with Gasteiger partial charge in [-0.15, -0.1) is 0 Å². The minimum absolute atomic E-state index is 0.00159. The second kappa shape index (κ2) is 9.74. The van der Waals surface area contributed by atoms with Gasteiger partial charge < -0.3 is 15.0 Å². The van der Waals surface area contributed by atoms with Crippen molar-refractivity contribution in [3.05, 3.63) is 71.8 Å². The van der Waals surface area contributed by atoms with Gasteiger partial charge in [0.25, 0.3) is 5.91 Å². The van der Waals surface area contributed by atoms with E-state index < -0.39 is 0 Å². The highest BCUT2D eigenvalue weighted by molar-refractivity contribution is 5.94. The summed E-state index contributed by atoms with van der Waals surface area (Å²) < 4.78 is 5.42. The Bertz CT molecular complexity index is 808. The Kier molecular flexibility index (Phi) is 6.84. The maximum absolute atomic E-state index is 12.4. The van der Waals surface area contributed by atoms with E-state index in [0.717, 1.165) is 24.2 Å². The largest absolute Gasteiger partial charge is 0.494 e. The second-order valence-electron chi connectivity index (χ2n) is 6.77. The lowest BCUT2D eigenvalue weighted by Crippen LogP contribution is -2.46. The number of amides is 2. The molecule has 1 aliphatic heterocycles. The third-order valence-electron chi connectivity index (χ3n) is 4.79. The van der Waals surface area contributed by atoms with Gasteiger partial charge >= 0.3 is 0 Å². The predicted molar refractivity (Wildman–Crippen MR) is 110 cm³/mol.